The number of anilines is 1. The first-order chi connectivity index (χ1) is 7.40. The van der Waals surface area contributed by atoms with Crippen LogP contribution < -0.4 is 5.32 Å². The van der Waals surface area contributed by atoms with Crippen LogP contribution >= 0.6 is 0 Å². The van der Waals surface area contributed by atoms with Crippen LogP contribution in [0.25, 0.3) is 0 Å². The quantitative estimate of drug-likeness (QED) is 0.783. The van der Waals surface area contributed by atoms with E-state index in [1.165, 1.54) is 0 Å². The molecule has 0 aromatic heterocycles. The highest BCUT2D eigenvalue weighted by molar-refractivity contribution is 7.85. The highest BCUT2D eigenvalue weighted by Gasteiger charge is 2.06. The molecule has 16 heavy (non-hydrogen) atoms. The number of rotatable bonds is 4. The topological polar surface area (TPSA) is 83.5 Å². The monoisotopic (exact) mass is 243 g/mol. The Balaban J connectivity index is 2.72. The van der Waals surface area contributed by atoms with E-state index in [0.29, 0.717) is 17.7 Å². The predicted octanol–water partition coefficient (Wildman–Crippen LogP) is 1.42. The Kier molecular flexibility index (Phi) is 4.03. The van der Waals surface area contributed by atoms with Crippen LogP contribution in [0.1, 0.15) is 18.9 Å². The molecule has 0 atom stereocenters. The van der Waals surface area contributed by atoms with E-state index in [1.807, 2.05) is 0 Å². The Morgan fingerprint density at radius 3 is 2.31 bits per heavy atom. The second-order valence-corrected chi connectivity index (χ2v) is 4.78. The molecular weight excluding hydrogens is 230 g/mol. The zero-order chi connectivity index (χ0) is 12.2. The molecule has 0 aliphatic heterocycles. The first-order valence-electron chi connectivity index (χ1n) is 4.74. The zero-order valence-corrected chi connectivity index (χ0v) is 9.62. The highest BCUT2D eigenvalue weighted by atomic mass is 32.2. The summed E-state index contributed by atoms with van der Waals surface area (Å²) in [4.78, 5) is 11.0. The zero-order valence-electron chi connectivity index (χ0n) is 8.80. The van der Waals surface area contributed by atoms with E-state index in [-0.39, 0.29) is 5.91 Å². The summed E-state index contributed by atoms with van der Waals surface area (Å²) in [6, 6.07) is 6.26. The Labute approximate surface area is 94.2 Å². The van der Waals surface area contributed by atoms with Gasteiger partial charge in [0.05, 0.1) is 0 Å². The van der Waals surface area contributed by atoms with Crippen LogP contribution in [0.3, 0.4) is 0 Å². The molecule has 0 saturated heterocycles. The van der Waals surface area contributed by atoms with Crippen molar-refractivity contribution in [3.05, 3.63) is 29.8 Å². The SMILES string of the molecule is CCC(=O)Nc1ccc(CS(=O)(=O)O)cc1. The molecule has 0 heterocycles. The van der Waals surface area contributed by atoms with E-state index >= 15 is 0 Å². The third-order valence-electron chi connectivity index (χ3n) is 1.91. The molecule has 1 rings (SSSR count). The fourth-order valence-corrected chi connectivity index (χ4v) is 1.76. The molecule has 0 aliphatic carbocycles. The van der Waals surface area contributed by atoms with Crippen LogP contribution in [-0.4, -0.2) is 18.9 Å². The summed E-state index contributed by atoms with van der Waals surface area (Å²) in [6.07, 6.45) is 0.382. The Morgan fingerprint density at radius 2 is 1.88 bits per heavy atom. The van der Waals surface area contributed by atoms with Gasteiger partial charge in [0.1, 0.15) is 5.75 Å². The third-order valence-corrected chi connectivity index (χ3v) is 2.61. The van der Waals surface area contributed by atoms with Crippen LogP contribution in [0.2, 0.25) is 0 Å². The molecular formula is C10H13NO4S. The van der Waals surface area contributed by atoms with E-state index < -0.39 is 15.9 Å². The minimum Gasteiger partial charge on any atom is -0.326 e. The van der Waals surface area contributed by atoms with Gasteiger partial charge in [-0.2, -0.15) is 8.42 Å². The van der Waals surface area contributed by atoms with Crippen molar-refractivity contribution in [3.8, 4) is 0 Å². The molecule has 0 radical (unpaired) electrons. The Bertz CT molecular complexity index is 464. The van der Waals surface area contributed by atoms with Crippen molar-refractivity contribution in [3.63, 3.8) is 0 Å². The largest absolute Gasteiger partial charge is 0.326 e. The first-order valence-corrected chi connectivity index (χ1v) is 6.35. The highest BCUT2D eigenvalue weighted by Crippen LogP contribution is 2.11. The van der Waals surface area contributed by atoms with Gasteiger partial charge >= 0.3 is 0 Å². The molecule has 0 bridgehead atoms. The molecule has 0 fully saturated rings. The molecule has 6 heteroatoms. The van der Waals surface area contributed by atoms with Crippen molar-refractivity contribution in [2.45, 2.75) is 19.1 Å². The first kappa shape index (κ1) is 12.7. The number of benzene rings is 1. The van der Waals surface area contributed by atoms with Crippen LogP contribution in [-0.2, 0) is 20.7 Å². The minimum atomic E-state index is -4.01. The maximum Gasteiger partial charge on any atom is 0.269 e. The molecule has 88 valence electrons. The maximum atomic E-state index is 11.0. The Hall–Kier alpha value is -1.40. The second kappa shape index (κ2) is 5.09. The number of amides is 1. The lowest BCUT2D eigenvalue weighted by molar-refractivity contribution is -0.115. The molecule has 2 N–H and O–H groups in total. The molecule has 1 aromatic carbocycles. The summed E-state index contributed by atoms with van der Waals surface area (Å²) in [7, 11) is -4.01. The van der Waals surface area contributed by atoms with Gasteiger partial charge in [-0.15, -0.1) is 0 Å². The van der Waals surface area contributed by atoms with Crippen LogP contribution in [0.15, 0.2) is 24.3 Å². The van der Waals surface area contributed by atoms with Gasteiger partial charge in [-0.25, -0.2) is 0 Å². The van der Waals surface area contributed by atoms with Crippen molar-refractivity contribution < 1.29 is 17.8 Å². The smallest absolute Gasteiger partial charge is 0.269 e. The van der Waals surface area contributed by atoms with Crippen LogP contribution in [0.4, 0.5) is 5.69 Å². The van der Waals surface area contributed by atoms with Crippen molar-refractivity contribution in [2.75, 3.05) is 5.32 Å². The average molecular weight is 243 g/mol. The van der Waals surface area contributed by atoms with Gasteiger partial charge in [0.25, 0.3) is 10.1 Å². The van der Waals surface area contributed by atoms with Crippen LogP contribution in [0, 0.1) is 0 Å². The fraction of sp³-hybridized carbons (Fsp3) is 0.300. The van der Waals surface area contributed by atoms with Crippen LogP contribution in [0.5, 0.6) is 0 Å². The van der Waals surface area contributed by atoms with E-state index in [1.54, 1.807) is 31.2 Å². The number of nitrogens with one attached hydrogen (secondary N) is 1. The minimum absolute atomic E-state index is 0.109. The number of carbonyl (C=O) groups is 1. The fourth-order valence-electron chi connectivity index (χ4n) is 1.14. The van der Waals surface area contributed by atoms with E-state index in [2.05, 4.69) is 5.32 Å². The van der Waals surface area contributed by atoms with E-state index in [4.69, 9.17) is 4.55 Å². The van der Waals surface area contributed by atoms with Crippen molar-refractivity contribution >= 4 is 21.7 Å². The average Bonchev–Trinajstić information content (AvgIpc) is 2.18. The summed E-state index contributed by atoms with van der Waals surface area (Å²) in [6.45, 7) is 1.74. The van der Waals surface area contributed by atoms with Crippen molar-refractivity contribution in [1.82, 2.24) is 0 Å². The summed E-state index contributed by atoms with van der Waals surface area (Å²) in [5.74, 6) is -0.530. The lowest BCUT2D eigenvalue weighted by atomic mass is 10.2. The third kappa shape index (κ3) is 4.41. The van der Waals surface area contributed by atoms with Gasteiger partial charge in [-0.1, -0.05) is 19.1 Å². The number of hydrogen-bond acceptors (Lipinski definition) is 3. The maximum absolute atomic E-state index is 11.0. The summed E-state index contributed by atoms with van der Waals surface area (Å²) in [5.41, 5.74) is 1.07. The molecule has 0 spiro atoms. The van der Waals surface area contributed by atoms with Gasteiger partial charge in [-0.3, -0.25) is 9.35 Å². The molecule has 0 unspecified atom stereocenters. The summed E-state index contributed by atoms with van der Waals surface area (Å²) >= 11 is 0. The van der Waals surface area contributed by atoms with E-state index in [0.717, 1.165) is 0 Å². The van der Waals surface area contributed by atoms with Crippen molar-refractivity contribution in [1.29, 1.82) is 0 Å². The standard InChI is InChI=1S/C10H13NO4S/c1-2-10(12)11-9-5-3-8(4-6-9)7-16(13,14)15/h3-6H,2,7H2,1H3,(H,11,12)(H,13,14,15). The normalized spacial score (nSPS) is 11.1. The van der Waals surface area contributed by atoms with Gasteiger partial charge in [0, 0.05) is 12.1 Å². The Morgan fingerprint density at radius 1 is 1.31 bits per heavy atom. The molecule has 5 nitrogen and oxygen atoms in total. The second-order valence-electron chi connectivity index (χ2n) is 3.32. The molecule has 1 aromatic rings. The lowest BCUT2D eigenvalue weighted by Gasteiger charge is -2.04. The summed E-state index contributed by atoms with van der Waals surface area (Å²) < 4.78 is 29.8. The predicted molar refractivity (Wildman–Crippen MR) is 60.6 cm³/mol. The van der Waals surface area contributed by atoms with Gasteiger partial charge in [-0.05, 0) is 17.7 Å². The molecule has 0 aliphatic rings. The van der Waals surface area contributed by atoms with Gasteiger partial charge < -0.3 is 5.32 Å². The van der Waals surface area contributed by atoms with E-state index in [9.17, 15) is 13.2 Å². The van der Waals surface area contributed by atoms with Gasteiger partial charge in [0.15, 0.2) is 0 Å². The van der Waals surface area contributed by atoms with Crippen molar-refractivity contribution in [2.24, 2.45) is 0 Å². The number of hydrogen-bond donors (Lipinski definition) is 2. The molecule has 0 saturated carbocycles. The van der Waals surface area contributed by atoms with Gasteiger partial charge in [0.2, 0.25) is 5.91 Å². The summed E-state index contributed by atoms with van der Waals surface area (Å²) in [5, 5.41) is 2.63. The number of carbonyl (C=O) groups excluding carboxylic acids is 1. The lowest BCUT2D eigenvalue weighted by Crippen LogP contribution is -2.09. The molecule has 1 amide bonds.